The molecule has 2 atom stereocenters. The number of ether oxygens (including phenoxy) is 2. The van der Waals surface area contributed by atoms with Crippen molar-refractivity contribution in [3.8, 4) is 11.8 Å². The second-order valence-corrected chi connectivity index (χ2v) is 10.4. The van der Waals surface area contributed by atoms with Gasteiger partial charge in [-0.25, -0.2) is 4.79 Å². The smallest absolute Gasteiger partial charge is 0.338 e. The first-order valence-corrected chi connectivity index (χ1v) is 13.4. The van der Waals surface area contributed by atoms with Crippen LogP contribution in [-0.2, 0) is 10.5 Å². The number of hydrogen-bond acceptors (Lipinski definition) is 6. The number of fused-ring (bicyclic) bond motifs is 2. The van der Waals surface area contributed by atoms with Gasteiger partial charge in [-0.3, -0.25) is 4.79 Å². The van der Waals surface area contributed by atoms with E-state index in [-0.39, 0.29) is 30.1 Å². The van der Waals surface area contributed by atoms with Crippen molar-refractivity contribution >= 4 is 23.6 Å². The molecule has 5 rings (SSSR count). The number of piperidine rings is 1. The van der Waals surface area contributed by atoms with Crippen molar-refractivity contribution in [1.29, 1.82) is 5.26 Å². The summed E-state index contributed by atoms with van der Waals surface area (Å²) in [5.74, 6) is 1.13. The van der Waals surface area contributed by atoms with Crippen LogP contribution in [0.15, 0.2) is 77.7 Å². The number of methoxy groups -OCH3 is 1. The van der Waals surface area contributed by atoms with Gasteiger partial charge in [-0.05, 0) is 60.9 Å². The highest BCUT2D eigenvalue weighted by Crippen LogP contribution is 2.38. The fourth-order valence-electron chi connectivity index (χ4n) is 5.31. The summed E-state index contributed by atoms with van der Waals surface area (Å²) in [4.78, 5) is 28.4. The number of hydrogen-bond donors (Lipinski definition) is 0. The maximum atomic E-state index is 13.4. The molecule has 0 radical (unpaired) electrons. The minimum atomic E-state index is -0.344. The minimum Gasteiger partial charge on any atom is -0.490 e. The van der Waals surface area contributed by atoms with Crippen molar-refractivity contribution < 1.29 is 19.1 Å². The molecule has 6 nitrogen and oxygen atoms in total. The Morgan fingerprint density at radius 2 is 1.73 bits per heavy atom. The van der Waals surface area contributed by atoms with Gasteiger partial charge in [0.1, 0.15) is 11.9 Å². The number of nitrogens with zero attached hydrogens (tertiary/aromatic N) is 2. The second kappa shape index (κ2) is 11.1. The molecule has 7 heteroatoms. The molecule has 2 aliphatic rings. The Morgan fingerprint density at radius 3 is 2.43 bits per heavy atom. The lowest BCUT2D eigenvalue weighted by atomic mass is 9.98. The van der Waals surface area contributed by atoms with E-state index < -0.39 is 0 Å². The number of benzene rings is 3. The molecular formula is C30H28N2O4S. The van der Waals surface area contributed by atoms with Crippen LogP contribution in [0.25, 0.3) is 0 Å². The standard InChI is InChI=1S/C30H28N2O4S/c1-35-30(34)27-7-2-3-8-28(27)37-19-20-9-11-22(12-10-20)29(33)32-23-13-14-24(32)17-26(16-23)36-25-6-4-5-21(15-25)18-31/h2-12,15,23-24,26H,13-14,16-17,19H2,1H3. The van der Waals surface area contributed by atoms with Crippen molar-refractivity contribution in [3.63, 3.8) is 0 Å². The van der Waals surface area contributed by atoms with Crippen LogP contribution in [0.1, 0.15) is 57.5 Å². The highest BCUT2D eigenvalue weighted by molar-refractivity contribution is 7.98. The molecular weight excluding hydrogens is 484 g/mol. The van der Waals surface area contributed by atoms with Gasteiger partial charge in [-0.15, -0.1) is 11.8 Å². The molecule has 0 aliphatic carbocycles. The van der Waals surface area contributed by atoms with Crippen molar-refractivity contribution in [2.24, 2.45) is 0 Å². The minimum absolute atomic E-state index is 0.0442. The summed E-state index contributed by atoms with van der Waals surface area (Å²) in [6, 6.07) is 24.9. The molecule has 3 aromatic carbocycles. The molecule has 2 bridgehead atoms. The lowest BCUT2D eigenvalue weighted by Gasteiger charge is -2.39. The van der Waals surface area contributed by atoms with E-state index in [4.69, 9.17) is 14.7 Å². The third kappa shape index (κ3) is 5.50. The highest BCUT2D eigenvalue weighted by atomic mass is 32.2. The molecule has 1 amide bonds. The van der Waals surface area contributed by atoms with Gasteiger partial charge in [0.15, 0.2) is 0 Å². The van der Waals surface area contributed by atoms with Gasteiger partial charge in [0.2, 0.25) is 0 Å². The zero-order valence-electron chi connectivity index (χ0n) is 20.6. The Balaban J connectivity index is 1.20. The van der Waals surface area contributed by atoms with E-state index in [2.05, 4.69) is 11.0 Å². The molecule has 2 fully saturated rings. The fraction of sp³-hybridized carbons (Fsp3) is 0.300. The topological polar surface area (TPSA) is 79.6 Å². The lowest BCUT2D eigenvalue weighted by Crippen LogP contribution is -2.49. The number of amides is 1. The van der Waals surface area contributed by atoms with Crippen molar-refractivity contribution in [1.82, 2.24) is 4.90 Å². The van der Waals surface area contributed by atoms with E-state index in [9.17, 15) is 9.59 Å². The SMILES string of the molecule is COC(=O)c1ccccc1SCc1ccc(C(=O)N2C3CCC2CC(Oc2cccc(C#N)c2)C3)cc1. The second-order valence-electron chi connectivity index (χ2n) is 9.42. The maximum absolute atomic E-state index is 13.4. The monoisotopic (exact) mass is 512 g/mol. The first kappa shape index (κ1) is 24.9. The third-order valence-electron chi connectivity index (χ3n) is 7.08. The average Bonchev–Trinajstić information content (AvgIpc) is 3.21. The van der Waals surface area contributed by atoms with Crippen LogP contribution < -0.4 is 4.74 Å². The Bertz CT molecular complexity index is 1320. The van der Waals surface area contributed by atoms with Crippen molar-refractivity contribution in [2.75, 3.05) is 7.11 Å². The highest BCUT2D eigenvalue weighted by Gasteiger charge is 2.44. The normalized spacial score (nSPS) is 20.2. The Hall–Kier alpha value is -3.76. The van der Waals surface area contributed by atoms with E-state index in [1.54, 1.807) is 30.0 Å². The summed E-state index contributed by atoms with van der Waals surface area (Å²) in [5.41, 5.74) is 2.92. The van der Waals surface area contributed by atoms with Gasteiger partial charge in [0.05, 0.1) is 24.3 Å². The number of nitriles is 1. The van der Waals surface area contributed by atoms with E-state index >= 15 is 0 Å². The number of carbonyl (C=O) groups excluding carboxylic acids is 2. The van der Waals surface area contributed by atoms with Crippen LogP contribution in [0.2, 0.25) is 0 Å². The van der Waals surface area contributed by atoms with Crippen LogP contribution in [-0.4, -0.2) is 42.1 Å². The quantitative estimate of drug-likeness (QED) is 0.292. The first-order valence-electron chi connectivity index (χ1n) is 12.4. The zero-order valence-corrected chi connectivity index (χ0v) is 21.4. The summed E-state index contributed by atoms with van der Waals surface area (Å²) in [6.45, 7) is 0. The molecule has 0 saturated carbocycles. The number of thioether (sulfide) groups is 1. The molecule has 3 aromatic rings. The van der Waals surface area contributed by atoms with E-state index in [1.807, 2.05) is 54.6 Å². The molecule has 2 heterocycles. The summed E-state index contributed by atoms with van der Waals surface area (Å²) in [5, 5.41) is 9.14. The Labute approximate surface area is 221 Å². The zero-order chi connectivity index (χ0) is 25.8. The van der Waals surface area contributed by atoms with Gasteiger partial charge in [-0.2, -0.15) is 5.26 Å². The largest absolute Gasteiger partial charge is 0.490 e. The average molecular weight is 513 g/mol. The molecule has 2 aliphatic heterocycles. The maximum Gasteiger partial charge on any atom is 0.338 e. The Kier molecular flexibility index (Phi) is 7.47. The van der Waals surface area contributed by atoms with E-state index in [0.717, 1.165) is 36.1 Å². The van der Waals surface area contributed by atoms with Crippen LogP contribution in [0.4, 0.5) is 0 Å². The number of rotatable bonds is 7. The first-order chi connectivity index (χ1) is 18.1. The van der Waals surface area contributed by atoms with Gasteiger partial charge < -0.3 is 14.4 Å². The van der Waals surface area contributed by atoms with Gasteiger partial charge >= 0.3 is 5.97 Å². The molecule has 37 heavy (non-hydrogen) atoms. The summed E-state index contributed by atoms with van der Waals surface area (Å²) >= 11 is 1.57. The summed E-state index contributed by atoms with van der Waals surface area (Å²) in [7, 11) is 1.38. The molecule has 188 valence electrons. The fourth-order valence-corrected chi connectivity index (χ4v) is 6.31. The van der Waals surface area contributed by atoms with E-state index in [1.165, 1.54) is 7.11 Å². The van der Waals surface area contributed by atoms with Crippen LogP contribution in [0.5, 0.6) is 5.75 Å². The van der Waals surface area contributed by atoms with Crippen LogP contribution >= 0.6 is 11.8 Å². The predicted octanol–water partition coefficient (Wildman–Crippen LogP) is 5.85. The van der Waals surface area contributed by atoms with Gasteiger partial charge in [-0.1, -0.05) is 30.3 Å². The molecule has 0 spiro atoms. The lowest BCUT2D eigenvalue weighted by molar-refractivity contribution is 0.0358. The van der Waals surface area contributed by atoms with Crippen LogP contribution in [0, 0.1) is 11.3 Å². The van der Waals surface area contributed by atoms with Gasteiger partial charge in [0, 0.05) is 41.1 Å². The predicted molar refractivity (Wildman–Crippen MR) is 142 cm³/mol. The van der Waals surface area contributed by atoms with Crippen molar-refractivity contribution in [2.45, 2.75) is 54.5 Å². The van der Waals surface area contributed by atoms with E-state index in [0.29, 0.717) is 28.2 Å². The van der Waals surface area contributed by atoms with Crippen LogP contribution in [0.3, 0.4) is 0 Å². The number of esters is 1. The van der Waals surface area contributed by atoms with Gasteiger partial charge in [0.25, 0.3) is 5.91 Å². The number of carbonyl (C=O) groups is 2. The van der Waals surface area contributed by atoms with Crippen molar-refractivity contribution in [3.05, 3.63) is 95.1 Å². The molecule has 2 unspecified atom stereocenters. The molecule has 0 aromatic heterocycles. The Morgan fingerprint density at radius 1 is 1.00 bits per heavy atom. The summed E-state index contributed by atoms with van der Waals surface area (Å²) < 4.78 is 11.1. The summed E-state index contributed by atoms with van der Waals surface area (Å²) in [6.07, 6.45) is 3.62. The molecule has 0 N–H and O–H groups in total. The molecule has 2 saturated heterocycles. The third-order valence-corrected chi connectivity index (χ3v) is 8.22.